The van der Waals surface area contributed by atoms with Crippen LogP contribution in [0.1, 0.15) is 34.8 Å². The maximum absolute atomic E-state index is 12.6. The number of ether oxygens (including phenoxy) is 1. The monoisotopic (exact) mass is 523 g/mol. The zero-order valence-corrected chi connectivity index (χ0v) is 22.3. The van der Waals surface area contributed by atoms with Gasteiger partial charge >= 0.3 is 0 Å². The number of pyridine rings is 1. The Labute approximate surface area is 228 Å². The van der Waals surface area contributed by atoms with E-state index in [0.29, 0.717) is 30.2 Å². The number of primary amides is 1. The predicted octanol–water partition coefficient (Wildman–Crippen LogP) is 4.72. The van der Waals surface area contributed by atoms with Gasteiger partial charge in [-0.1, -0.05) is 30.3 Å². The van der Waals surface area contributed by atoms with Gasteiger partial charge in [-0.05, 0) is 80.9 Å². The van der Waals surface area contributed by atoms with Crippen LogP contribution in [0.4, 0.5) is 0 Å². The normalized spacial score (nSPS) is 14.4. The lowest BCUT2D eigenvalue weighted by Gasteiger charge is -2.31. The summed E-state index contributed by atoms with van der Waals surface area (Å²) in [6, 6.07) is 21.1. The summed E-state index contributed by atoms with van der Waals surface area (Å²) in [7, 11) is 3.95. The van der Waals surface area contributed by atoms with Crippen molar-refractivity contribution in [1.29, 1.82) is 0 Å². The van der Waals surface area contributed by atoms with Crippen molar-refractivity contribution >= 4 is 17.5 Å². The third kappa shape index (κ3) is 5.86. The molecule has 2 aromatic heterocycles. The number of nitrogens with two attached hydrogens (primary N) is 1. The Hall–Kier alpha value is -4.43. The number of imidazole rings is 1. The van der Waals surface area contributed by atoms with Gasteiger partial charge in [0.05, 0.1) is 0 Å². The van der Waals surface area contributed by atoms with Gasteiger partial charge in [0.2, 0.25) is 5.91 Å². The highest BCUT2D eigenvalue weighted by molar-refractivity contribution is 5.98. The molecule has 2 aromatic carbocycles. The van der Waals surface area contributed by atoms with Gasteiger partial charge in [0.25, 0.3) is 5.91 Å². The van der Waals surface area contributed by atoms with Gasteiger partial charge in [-0.15, -0.1) is 0 Å². The van der Waals surface area contributed by atoms with Crippen molar-refractivity contribution in [3.05, 3.63) is 96.3 Å². The number of hydrogen-bond acceptors (Lipinski definition) is 5. The Morgan fingerprint density at radius 1 is 1.00 bits per heavy atom. The minimum Gasteiger partial charge on any atom is -0.457 e. The molecular weight excluding hydrogens is 490 g/mol. The van der Waals surface area contributed by atoms with Crippen LogP contribution in [0, 0.1) is 0 Å². The molecule has 0 bridgehead atoms. The SMILES string of the molecule is CN(C)C/C=C/C(=O)N1CCC(c2cccn3c(C(N)=O)c(-c4ccc(Oc5ccccc5)cc4)nc23)CC1. The molecule has 0 spiro atoms. The predicted molar refractivity (Wildman–Crippen MR) is 152 cm³/mol. The van der Waals surface area contributed by atoms with E-state index >= 15 is 0 Å². The Balaban J connectivity index is 1.38. The molecule has 2 amide bonds. The van der Waals surface area contributed by atoms with Gasteiger partial charge in [-0.3, -0.25) is 14.0 Å². The molecule has 0 radical (unpaired) electrons. The van der Waals surface area contributed by atoms with Crippen molar-refractivity contribution in [2.45, 2.75) is 18.8 Å². The molecule has 200 valence electrons. The summed E-state index contributed by atoms with van der Waals surface area (Å²) in [6.07, 6.45) is 7.04. The number of piperidine rings is 1. The van der Waals surface area contributed by atoms with Crippen molar-refractivity contribution < 1.29 is 14.3 Å². The number of nitrogens with zero attached hydrogens (tertiary/aromatic N) is 4. The Bertz CT molecular complexity index is 1480. The van der Waals surface area contributed by atoms with Crippen molar-refractivity contribution in [1.82, 2.24) is 19.2 Å². The van der Waals surface area contributed by atoms with Crippen LogP contribution in [0.5, 0.6) is 11.5 Å². The van der Waals surface area contributed by atoms with Gasteiger partial charge in [-0.25, -0.2) is 4.98 Å². The number of para-hydroxylation sites is 1. The summed E-state index contributed by atoms with van der Waals surface area (Å²) in [5, 5.41) is 0. The lowest BCUT2D eigenvalue weighted by molar-refractivity contribution is -0.127. The Morgan fingerprint density at radius 3 is 2.36 bits per heavy atom. The molecular formula is C31H33N5O3. The molecule has 8 nitrogen and oxygen atoms in total. The number of aromatic nitrogens is 2. The fraction of sp³-hybridized carbons (Fsp3) is 0.258. The number of carbonyl (C=O) groups excluding carboxylic acids is 2. The van der Waals surface area contributed by atoms with E-state index in [0.717, 1.165) is 41.9 Å². The van der Waals surface area contributed by atoms with E-state index < -0.39 is 5.91 Å². The molecule has 1 aliphatic rings. The summed E-state index contributed by atoms with van der Waals surface area (Å²) < 4.78 is 7.70. The van der Waals surface area contributed by atoms with E-state index in [1.807, 2.05) is 96.8 Å². The van der Waals surface area contributed by atoms with Crippen LogP contribution in [-0.2, 0) is 4.79 Å². The average Bonchev–Trinajstić information content (AvgIpc) is 3.34. The topological polar surface area (TPSA) is 93.2 Å². The largest absolute Gasteiger partial charge is 0.457 e. The van der Waals surface area contributed by atoms with E-state index in [1.165, 1.54) is 0 Å². The highest BCUT2D eigenvalue weighted by atomic mass is 16.5. The third-order valence-electron chi connectivity index (χ3n) is 7.00. The molecule has 1 aliphatic heterocycles. The number of carbonyl (C=O) groups is 2. The Morgan fingerprint density at radius 2 is 1.69 bits per heavy atom. The van der Waals surface area contributed by atoms with E-state index in [1.54, 1.807) is 10.5 Å². The quantitative estimate of drug-likeness (QED) is 0.338. The highest BCUT2D eigenvalue weighted by Gasteiger charge is 2.27. The van der Waals surface area contributed by atoms with Gasteiger partial charge in [-0.2, -0.15) is 0 Å². The van der Waals surface area contributed by atoms with Crippen LogP contribution in [0.2, 0.25) is 0 Å². The van der Waals surface area contributed by atoms with E-state index in [-0.39, 0.29) is 11.8 Å². The first-order valence-corrected chi connectivity index (χ1v) is 13.1. The van der Waals surface area contributed by atoms with Gasteiger partial charge < -0.3 is 20.3 Å². The smallest absolute Gasteiger partial charge is 0.268 e. The number of likely N-dealkylation sites (tertiary alicyclic amines) is 1. The van der Waals surface area contributed by atoms with Crippen LogP contribution in [0.15, 0.2) is 85.1 Å². The second kappa shape index (κ2) is 11.5. The van der Waals surface area contributed by atoms with Crippen molar-refractivity contribution in [2.24, 2.45) is 5.73 Å². The maximum Gasteiger partial charge on any atom is 0.268 e. The molecule has 8 heteroatoms. The summed E-state index contributed by atoms with van der Waals surface area (Å²) >= 11 is 0. The van der Waals surface area contributed by atoms with Gasteiger partial charge in [0.1, 0.15) is 28.5 Å². The number of likely N-dealkylation sites (N-methyl/N-ethyl adjacent to an activating group) is 1. The number of fused-ring (bicyclic) bond motifs is 1. The molecule has 4 aromatic rings. The van der Waals surface area contributed by atoms with Gasteiger partial charge in [0, 0.05) is 37.5 Å². The second-order valence-corrected chi connectivity index (χ2v) is 10.0. The van der Waals surface area contributed by atoms with E-state index in [2.05, 4.69) is 6.07 Å². The summed E-state index contributed by atoms with van der Waals surface area (Å²) in [5.74, 6) is 1.17. The first kappa shape index (κ1) is 26.2. The highest BCUT2D eigenvalue weighted by Crippen LogP contribution is 2.34. The maximum atomic E-state index is 12.6. The molecule has 2 N–H and O–H groups in total. The van der Waals surface area contributed by atoms with Crippen molar-refractivity contribution in [3.63, 3.8) is 0 Å². The third-order valence-corrected chi connectivity index (χ3v) is 7.00. The van der Waals surface area contributed by atoms with Crippen molar-refractivity contribution in [2.75, 3.05) is 33.7 Å². The van der Waals surface area contributed by atoms with E-state index in [4.69, 9.17) is 15.5 Å². The average molecular weight is 524 g/mol. The van der Waals surface area contributed by atoms with Gasteiger partial charge in [0.15, 0.2) is 0 Å². The van der Waals surface area contributed by atoms with Crippen LogP contribution in [0.3, 0.4) is 0 Å². The Kier molecular flexibility index (Phi) is 7.74. The lowest BCUT2D eigenvalue weighted by atomic mass is 9.90. The number of benzene rings is 2. The number of hydrogen-bond donors (Lipinski definition) is 1. The van der Waals surface area contributed by atoms with Crippen molar-refractivity contribution in [3.8, 4) is 22.8 Å². The number of amides is 2. The van der Waals surface area contributed by atoms with Crippen LogP contribution in [0.25, 0.3) is 16.9 Å². The number of rotatable bonds is 8. The fourth-order valence-electron chi connectivity index (χ4n) is 5.03. The fourth-order valence-corrected chi connectivity index (χ4v) is 5.03. The van der Waals surface area contributed by atoms with Crippen LogP contribution in [-0.4, -0.2) is 64.7 Å². The molecule has 0 aliphatic carbocycles. The molecule has 1 saturated heterocycles. The molecule has 1 fully saturated rings. The van der Waals surface area contributed by atoms with Crippen LogP contribution >= 0.6 is 0 Å². The summed E-state index contributed by atoms with van der Waals surface area (Å²) in [6.45, 7) is 2.09. The first-order valence-electron chi connectivity index (χ1n) is 13.1. The molecule has 3 heterocycles. The molecule has 0 atom stereocenters. The standard InChI is InChI=1S/C31H33N5O3/c1-34(2)18-7-11-27(37)35-20-16-22(17-21-35)26-10-6-19-36-29(30(32)38)28(33-31(26)36)23-12-14-25(15-13-23)39-24-8-4-3-5-9-24/h3-15,19,22H,16-18,20-21H2,1-2H3,(H2,32,38)/b11-7+. The second-order valence-electron chi connectivity index (χ2n) is 10.0. The first-order chi connectivity index (χ1) is 18.9. The zero-order valence-electron chi connectivity index (χ0n) is 22.3. The molecule has 39 heavy (non-hydrogen) atoms. The molecule has 0 saturated carbocycles. The summed E-state index contributed by atoms with van der Waals surface area (Å²) in [5.41, 5.74) is 9.31. The molecule has 5 rings (SSSR count). The van der Waals surface area contributed by atoms with Crippen LogP contribution < -0.4 is 10.5 Å². The summed E-state index contributed by atoms with van der Waals surface area (Å²) in [4.78, 5) is 34.0. The zero-order chi connectivity index (χ0) is 27.4. The lowest BCUT2D eigenvalue weighted by Crippen LogP contribution is -2.37. The minimum absolute atomic E-state index is 0.0484. The molecule has 0 unspecified atom stereocenters. The minimum atomic E-state index is -0.538. The van der Waals surface area contributed by atoms with E-state index in [9.17, 15) is 9.59 Å².